The molecule has 1 N–H and O–H groups in total. The first-order chi connectivity index (χ1) is 10.1. The van der Waals surface area contributed by atoms with E-state index in [4.69, 9.17) is 0 Å². The number of rotatable bonds is 1. The van der Waals surface area contributed by atoms with Gasteiger partial charge in [0.2, 0.25) is 0 Å². The predicted molar refractivity (Wildman–Crippen MR) is 89.1 cm³/mol. The van der Waals surface area contributed by atoms with Gasteiger partial charge in [0.25, 0.3) is 0 Å². The van der Waals surface area contributed by atoms with Gasteiger partial charge in [0.05, 0.1) is 5.60 Å². The molecule has 1 aromatic carbocycles. The van der Waals surface area contributed by atoms with Gasteiger partial charge in [-0.25, -0.2) is 0 Å². The summed E-state index contributed by atoms with van der Waals surface area (Å²) in [6.07, 6.45) is 4.23. The lowest BCUT2D eigenvalue weighted by molar-refractivity contribution is 0.0365. The van der Waals surface area contributed by atoms with Crippen LogP contribution in [0.3, 0.4) is 0 Å². The van der Waals surface area contributed by atoms with Crippen LogP contribution < -0.4 is 0 Å². The van der Waals surface area contributed by atoms with E-state index < -0.39 is 5.60 Å². The molecule has 2 heteroatoms. The maximum Gasteiger partial charge on any atom is 0.163 e. The van der Waals surface area contributed by atoms with Crippen LogP contribution in [0, 0.1) is 11.3 Å². The number of carbonyl (C=O) groups excluding carboxylic acids is 1. The number of Topliss-reactive ketones (excluding diaryl/α,β-unsaturated/α-hetero) is 1. The van der Waals surface area contributed by atoms with Crippen molar-refractivity contribution in [2.75, 3.05) is 0 Å². The lowest BCUT2D eigenvalue weighted by atomic mass is 9.50. The molecule has 22 heavy (non-hydrogen) atoms. The first-order valence-electron chi connectivity index (χ1n) is 8.46. The molecule has 2 aliphatic rings. The fourth-order valence-electron chi connectivity index (χ4n) is 4.89. The zero-order valence-corrected chi connectivity index (χ0v) is 14.5. The molecule has 2 aliphatic carbocycles. The molecule has 0 spiro atoms. The molecule has 0 aromatic heterocycles. The summed E-state index contributed by atoms with van der Waals surface area (Å²) >= 11 is 0. The van der Waals surface area contributed by atoms with Crippen molar-refractivity contribution in [1.29, 1.82) is 0 Å². The highest BCUT2D eigenvalue weighted by Gasteiger charge is 2.51. The van der Waals surface area contributed by atoms with E-state index in [1.807, 2.05) is 12.1 Å². The van der Waals surface area contributed by atoms with E-state index >= 15 is 0 Å². The van der Waals surface area contributed by atoms with Gasteiger partial charge in [-0.05, 0) is 60.6 Å². The molecule has 0 radical (unpaired) electrons. The van der Waals surface area contributed by atoms with E-state index in [0.29, 0.717) is 12.3 Å². The number of ketones is 1. The molecule has 1 saturated carbocycles. The fourth-order valence-corrected chi connectivity index (χ4v) is 4.89. The van der Waals surface area contributed by atoms with Crippen LogP contribution in [0.4, 0.5) is 0 Å². The van der Waals surface area contributed by atoms with Crippen molar-refractivity contribution in [3.63, 3.8) is 0 Å². The number of hydrogen-bond acceptors (Lipinski definition) is 2. The lowest BCUT2D eigenvalue weighted by Crippen LogP contribution is -2.49. The quantitative estimate of drug-likeness (QED) is 0.824. The van der Waals surface area contributed by atoms with Crippen LogP contribution in [0.5, 0.6) is 0 Å². The van der Waals surface area contributed by atoms with Gasteiger partial charge in [-0.1, -0.05) is 39.3 Å². The van der Waals surface area contributed by atoms with Gasteiger partial charge >= 0.3 is 0 Å². The summed E-state index contributed by atoms with van der Waals surface area (Å²) in [6, 6.07) is 6.04. The van der Waals surface area contributed by atoms with E-state index in [1.54, 1.807) is 13.8 Å². The van der Waals surface area contributed by atoms with E-state index in [0.717, 1.165) is 17.5 Å². The largest absolute Gasteiger partial charge is 0.386 e. The molecule has 0 saturated heterocycles. The summed E-state index contributed by atoms with van der Waals surface area (Å²) in [6.45, 7) is 10.5. The SMILES string of the molecule is CC(C)(O)c1ccc2c(c1)C(=O)C[C@@H]1C(C)(C)CCC[C@@]21C. The number of carbonyl (C=O) groups is 1. The van der Waals surface area contributed by atoms with Gasteiger partial charge in [-0.2, -0.15) is 0 Å². The molecule has 2 nitrogen and oxygen atoms in total. The Labute approximate surface area is 133 Å². The maximum atomic E-state index is 12.8. The summed E-state index contributed by atoms with van der Waals surface area (Å²) in [7, 11) is 0. The van der Waals surface area contributed by atoms with Crippen molar-refractivity contribution >= 4 is 5.78 Å². The van der Waals surface area contributed by atoms with Crippen molar-refractivity contribution in [3.05, 3.63) is 34.9 Å². The Kier molecular flexibility index (Phi) is 3.34. The average Bonchev–Trinajstić information content (AvgIpc) is 2.40. The molecule has 2 atom stereocenters. The topological polar surface area (TPSA) is 37.3 Å². The highest BCUT2D eigenvalue weighted by molar-refractivity contribution is 5.99. The van der Waals surface area contributed by atoms with Gasteiger partial charge in [0.15, 0.2) is 5.78 Å². The molecule has 1 fully saturated rings. The molecule has 0 unspecified atom stereocenters. The van der Waals surface area contributed by atoms with Crippen molar-refractivity contribution in [1.82, 2.24) is 0 Å². The van der Waals surface area contributed by atoms with Crippen molar-refractivity contribution in [2.45, 2.75) is 71.3 Å². The second kappa shape index (κ2) is 4.67. The minimum absolute atomic E-state index is 0.0864. The van der Waals surface area contributed by atoms with Crippen LogP contribution in [0.1, 0.15) is 81.8 Å². The van der Waals surface area contributed by atoms with E-state index in [2.05, 4.69) is 26.8 Å². The summed E-state index contributed by atoms with van der Waals surface area (Å²) < 4.78 is 0. The predicted octanol–water partition coefficient (Wildman–Crippen LogP) is 4.58. The summed E-state index contributed by atoms with van der Waals surface area (Å²) in [4.78, 5) is 12.8. The van der Waals surface area contributed by atoms with Crippen LogP contribution >= 0.6 is 0 Å². The fraction of sp³-hybridized carbons (Fsp3) is 0.650. The maximum absolute atomic E-state index is 12.8. The lowest BCUT2D eigenvalue weighted by Gasteiger charge is -2.54. The van der Waals surface area contributed by atoms with Gasteiger partial charge in [0.1, 0.15) is 0 Å². The minimum Gasteiger partial charge on any atom is -0.386 e. The van der Waals surface area contributed by atoms with Crippen LogP contribution in [0.2, 0.25) is 0 Å². The zero-order valence-electron chi connectivity index (χ0n) is 14.5. The van der Waals surface area contributed by atoms with Crippen LogP contribution in [-0.4, -0.2) is 10.9 Å². The Bertz CT molecular complexity index is 621. The standard InChI is InChI=1S/C20H28O2/c1-18(2)9-6-10-20(5)15-8-7-13(19(3,4)22)11-14(15)16(21)12-17(18)20/h7-8,11,17,22H,6,9-10,12H2,1-5H3/t17-,20+/m1/s1. The molecule has 120 valence electrons. The summed E-state index contributed by atoms with van der Waals surface area (Å²) in [5.41, 5.74) is 2.28. The van der Waals surface area contributed by atoms with Gasteiger partial charge in [-0.3, -0.25) is 4.79 Å². The van der Waals surface area contributed by atoms with Gasteiger partial charge in [-0.15, -0.1) is 0 Å². The first kappa shape index (κ1) is 15.7. The van der Waals surface area contributed by atoms with E-state index in [-0.39, 0.29) is 16.6 Å². The Morgan fingerprint density at radius 3 is 2.50 bits per heavy atom. The normalized spacial score (nSPS) is 30.6. The molecule has 0 aliphatic heterocycles. The van der Waals surface area contributed by atoms with Crippen molar-refractivity contribution in [3.8, 4) is 0 Å². The molecule has 0 heterocycles. The third-order valence-corrected chi connectivity index (χ3v) is 6.26. The van der Waals surface area contributed by atoms with Crippen LogP contribution in [0.25, 0.3) is 0 Å². The Hall–Kier alpha value is -1.15. The van der Waals surface area contributed by atoms with E-state index in [9.17, 15) is 9.90 Å². The van der Waals surface area contributed by atoms with Gasteiger partial charge < -0.3 is 5.11 Å². The Morgan fingerprint density at radius 1 is 1.18 bits per heavy atom. The third-order valence-electron chi connectivity index (χ3n) is 6.26. The summed E-state index contributed by atoms with van der Waals surface area (Å²) in [5, 5.41) is 10.2. The van der Waals surface area contributed by atoms with Crippen LogP contribution in [0.15, 0.2) is 18.2 Å². The number of hydrogen-bond donors (Lipinski definition) is 1. The molecule has 1 aromatic rings. The number of benzene rings is 1. The monoisotopic (exact) mass is 300 g/mol. The van der Waals surface area contributed by atoms with E-state index in [1.165, 1.54) is 18.4 Å². The number of fused-ring (bicyclic) bond motifs is 3. The molecular formula is C20H28O2. The van der Waals surface area contributed by atoms with Gasteiger partial charge in [0, 0.05) is 12.0 Å². The smallest absolute Gasteiger partial charge is 0.163 e. The minimum atomic E-state index is -0.904. The summed E-state index contributed by atoms with van der Waals surface area (Å²) in [5.74, 6) is 0.667. The Morgan fingerprint density at radius 2 is 1.86 bits per heavy atom. The van der Waals surface area contributed by atoms with Crippen LogP contribution in [-0.2, 0) is 11.0 Å². The average molecular weight is 300 g/mol. The highest BCUT2D eigenvalue weighted by Crippen LogP contribution is 2.57. The zero-order chi connectivity index (χ0) is 16.3. The highest BCUT2D eigenvalue weighted by atomic mass is 16.3. The first-order valence-corrected chi connectivity index (χ1v) is 8.46. The second-order valence-electron chi connectivity index (χ2n) is 8.76. The molecule has 0 bridgehead atoms. The third kappa shape index (κ3) is 2.23. The molecular weight excluding hydrogens is 272 g/mol. The number of aliphatic hydroxyl groups is 1. The van der Waals surface area contributed by atoms with Crippen molar-refractivity contribution < 1.29 is 9.90 Å². The molecule has 3 rings (SSSR count). The van der Waals surface area contributed by atoms with Crippen molar-refractivity contribution in [2.24, 2.45) is 11.3 Å². The second-order valence-corrected chi connectivity index (χ2v) is 8.76. The molecule has 0 amide bonds. The Balaban J connectivity index is 2.15.